The van der Waals surface area contributed by atoms with Gasteiger partial charge in [-0.2, -0.15) is 13.2 Å². The number of esters is 1. The molecular weight excluding hydrogens is 285 g/mol. The van der Waals surface area contributed by atoms with E-state index in [9.17, 15) is 18.0 Å². The van der Waals surface area contributed by atoms with Gasteiger partial charge in [0.1, 0.15) is 12.4 Å². The average molecular weight is 297 g/mol. The molecule has 19 heavy (non-hydrogen) atoms. The second-order valence-electron chi connectivity index (χ2n) is 3.62. The smallest absolute Gasteiger partial charge is 0.417 e. The predicted octanol–water partition coefficient (Wildman–Crippen LogP) is 2.75. The zero-order valence-electron chi connectivity index (χ0n) is 10.3. The molecule has 0 saturated carbocycles. The van der Waals surface area contributed by atoms with Gasteiger partial charge in [-0.1, -0.05) is 11.6 Å². The van der Waals surface area contributed by atoms with Gasteiger partial charge in [0.25, 0.3) is 0 Å². The van der Waals surface area contributed by atoms with Crippen LogP contribution in [0, 0.1) is 0 Å². The fraction of sp³-hybridized carbons (Fsp3) is 0.455. The standard InChI is InChI=1S/C11H12ClF3N2O2/c1-3-17(6-9(18)19-2)10-8(12)4-7(5-16-10)11(13,14)15/h4-5H,3,6H2,1-2H3. The van der Waals surface area contributed by atoms with Crippen molar-refractivity contribution in [3.63, 3.8) is 0 Å². The van der Waals surface area contributed by atoms with Crippen LogP contribution in [0.3, 0.4) is 0 Å². The molecule has 0 spiro atoms. The maximum absolute atomic E-state index is 12.5. The predicted molar refractivity (Wildman–Crippen MR) is 64.2 cm³/mol. The number of hydrogen-bond acceptors (Lipinski definition) is 4. The van der Waals surface area contributed by atoms with Gasteiger partial charge in [0.05, 0.1) is 17.7 Å². The summed E-state index contributed by atoms with van der Waals surface area (Å²) in [5, 5.41) is -0.166. The summed E-state index contributed by atoms with van der Waals surface area (Å²) in [5.74, 6) is -0.415. The zero-order valence-corrected chi connectivity index (χ0v) is 11.0. The third-order valence-electron chi connectivity index (χ3n) is 2.38. The Morgan fingerprint density at radius 2 is 2.16 bits per heavy atom. The minimum absolute atomic E-state index is 0.113. The Morgan fingerprint density at radius 3 is 2.58 bits per heavy atom. The highest BCUT2D eigenvalue weighted by Gasteiger charge is 2.32. The molecule has 1 aromatic rings. The number of carbonyl (C=O) groups is 1. The second kappa shape index (κ2) is 6.10. The number of carbonyl (C=O) groups excluding carboxylic acids is 1. The molecule has 4 nitrogen and oxygen atoms in total. The number of alkyl halides is 3. The number of pyridine rings is 1. The number of halogens is 4. The molecule has 0 fully saturated rings. The topological polar surface area (TPSA) is 42.4 Å². The highest BCUT2D eigenvalue weighted by molar-refractivity contribution is 6.33. The maximum Gasteiger partial charge on any atom is 0.417 e. The van der Waals surface area contributed by atoms with E-state index < -0.39 is 17.7 Å². The second-order valence-corrected chi connectivity index (χ2v) is 4.02. The third-order valence-corrected chi connectivity index (χ3v) is 2.66. The van der Waals surface area contributed by atoms with Gasteiger partial charge in [-0.05, 0) is 13.0 Å². The van der Waals surface area contributed by atoms with Crippen LogP contribution in [-0.4, -0.2) is 31.2 Å². The van der Waals surface area contributed by atoms with E-state index in [1.165, 1.54) is 12.0 Å². The zero-order chi connectivity index (χ0) is 14.6. The summed E-state index contributed by atoms with van der Waals surface area (Å²) in [4.78, 5) is 16.3. The van der Waals surface area contributed by atoms with Gasteiger partial charge in [-0.25, -0.2) is 4.98 Å². The molecule has 0 aliphatic rings. The van der Waals surface area contributed by atoms with Crippen molar-refractivity contribution in [2.75, 3.05) is 25.1 Å². The van der Waals surface area contributed by atoms with E-state index in [0.29, 0.717) is 12.7 Å². The number of ether oxygens (including phenoxy) is 1. The molecule has 0 aromatic carbocycles. The molecule has 0 N–H and O–H groups in total. The highest BCUT2D eigenvalue weighted by Crippen LogP contribution is 2.33. The molecule has 0 unspecified atom stereocenters. The first kappa shape index (κ1) is 15.6. The van der Waals surface area contributed by atoms with Crippen LogP contribution in [0.1, 0.15) is 12.5 Å². The molecule has 0 atom stereocenters. The molecular formula is C11H12ClF3N2O2. The normalized spacial score (nSPS) is 11.3. The molecule has 1 heterocycles. The van der Waals surface area contributed by atoms with Crippen molar-refractivity contribution in [3.05, 3.63) is 22.8 Å². The summed E-state index contributed by atoms with van der Waals surface area (Å²) in [6.07, 6.45) is -3.82. The number of nitrogens with zero attached hydrogens (tertiary/aromatic N) is 2. The van der Waals surface area contributed by atoms with Crippen molar-refractivity contribution in [1.82, 2.24) is 4.98 Å². The maximum atomic E-state index is 12.5. The summed E-state index contributed by atoms with van der Waals surface area (Å²) in [6.45, 7) is 1.94. The van der Waals surface area contributed by atoms with Crippen LogP contribution in [0.2, 0.25) is 5.02 Å². The van der Waals surface area contributed by atoms with E-state index in [-0.39, 0.29) is 17.4 Å². The van der Waals surface area contributed by atoms with Crippen LogP contribution in [0.5, 0.6) is 0 Å². The van der Waals surface area contributed by atoms with E-state index in [2.05, 4.69) is 9.72 Å². The molecule has 0 bridgehead atoms. The van der Waals surface area contributed by atoms with Crippen molar-refractivity contribution >= 4 is 23.4 Å². The van der Waals surface area contributed by atoms with E-state index in [0.717, 1.165) is 6.07 Å². The van der Waals surface area contributed by atoms with E-state index in [4.69, 9.17) is 11.6 Å². The lowest BCUT2D eigenvalue weighted by Crippen LogP contribution is -2.31. The van der Waals surface area contributed by atoms with Crippen molar-refractivity contribution in [1.29, 1.82) is 0 Å². The largest absolute Gasteiger partial charge is 0.468 e. The number of aromatic nitrogens is 1. The lowest BCUT2D eigenvalue weighted by molar-refractivity contribution is -0.139. The Balaban J connectivity index is 3.03. The summed E-state index contributed by atoms with van der Waals surface area (Å²) in [6, 6.07) is 0.782. The lowest BCUT2D eigenvalue weighted by Gasteiger charge is -2.22. The van der Waals surface area contributed by atoms with Crippen LogP contribution in [0.15, 0.2) is 12.3 Å². The molecule has 8 heteroatoms. The van der Waals surface area contributed by atoms with Crippen molar-refractivity contribution in [3.8, 4) is 0 Å². The van der Waals surface area contributed by atoms with Crippen LogP contribution >= 0.6 is 11.6 Å². The number of likely N-dealkylation sites (N-methyl/N-ethyl adjacent to an activating group) is 1. The first-order chi connectivity index (χ1) is 8.79. The Hall–Kier alpha value is -1.50. The molecule has 0 saturated heterocycles. The molecule has 0 amide bonds. The van der Waals surface area contributed by atoms with E-state index in [1.54, 1.807) is 6.92 Å². The highest BCUT2D eigenvalue weighted by atomic mass is 35.5. The molecule has 1 aromatic heterocycles. The Morgan fingerprint density at radius 1 is 1.53 bits per heavy atom. The summed E-state index contributed by atoms with van der Waals surface area (Å²) in [7, 11) is 1.22. The van der Waals surface area contributed by atoms with Crippen LogP contribution in [0.25, 0.3) is 0 Å². The van der Waals surface area contributed by atoms with E-state index >= 15 is 0 Å². The Bertz CT molecular complexity index is 466. The Kier molecular flexibility index (Phi) is 4.99. The number of rotatable bonds is 4. The molecule has 0 radical (unpaired) electrons. The SMILES string of the molecule is CCN(CC(=O)OC)c1ncc(C(F)(F)F)cc1Cl. The van der Waals surface area contributed by atoms with Gasteiger partial charge in [-0.3, -0.25) is 4.79 Å². The minimum Gasteiger partial charge on any atom is -0.468 e. The van der Waals surface area contributed by atoms with Gasteiger partial charge in [0.2, 0.25) is 0 Å². The monoisotopic (exact) mass is 296 g/mol. The average Bonchev–Trinajstić information content (AvgIpc) is 2.34. The van der Waals surface area contributed by atoms with Crippen molar-refractivity contribution in [2.45, 2.75) is 13.1 Å². The van der Waals surface area contributed by atoms with Gasteiger partial charge >= 0.3 is 12.1 Å². The molecule has 0 aliphatic heterocycles. The van der Waals surface area contributed by atoms with Gasteiger partial charge < -0.3 is 9.64 Å². The van der Waals surface area contributed by atoms with Crippen LogP contribution in [0.4, 0.5) is 19.0 Å². The van der Waals surface area contributed by atoms with Gasteiger partial charge in [0.15, 0.2) is 0 Å². The molecule has 106 valence electrons. The summed E-state index contributed by atoms with van der Waals surface area (Å²) in [5.41, 5.74) is -0.935. The first-order valence-electron chi connectivity index (χ1n) is 5.34. The first-order valence-corrected chi connectivity index (χ1v) is 5.71. The fourth-order valence-electron chi connectivity index (χ4n) is 1.38. The van der Waals surface area contributed by atoms with Gasteiger partial charge in [-0.15, -0.1) is 0 Å². The minimum atomic E-state index is -4.51. The van der Waals surface area contributed by atoms with Crippen molar-refractivity contribution < 1.29 is 22.7 Å². The third kappa shape index (κ3) is 3.99. The van der Waals surface area contributed by atoms with Crippen molar-refractivity contribution in [2.24, 2.45) is 0 Å². The number of hydrogen-bond donors (Lipinski definition) is 0. The molecule has 0 aliphatic carbocycles. The fourth-order valence-corrected chi connectivity index (χ4v) is 1.66. The molecule has 1 rings (SSSR count). The Labute approximate surface area is 113 Å². The van der Waals surface area contributed by atoms with Crippen LogP contribution in [-0.2, 0) is 15.7 Å². The summed E-state index contributed by atoms with van der Waals surface area (Å²) >= 11 is 5.78. The quantitative estimate of drug-likeness (QED) is 0.801. The number of methoxy groups -OCH3 is 1. The van der Waals surface area contributed by atoms with Gasteiger partial charge in [0, 0.05) is 12.7 Å². The van der Waals surface area contributed by atoms with E-state index in [1.807, 2.05) is 0 Å². The van der Waals surface area contributed by atoms with Crippen LogP contribution < -0.4 is 4.90 Å². The summed E-state index contributed by atoms with van der Waals surface area (Å²) < 4.78 is 41.9. The lowest BCUT2D eigenvalue weighted by atomic mass is 10.2. The number of anilines is 1.